The number of ether oxygens (including phenoxy) is 1. The Morgan fingerprint density at radius 1 is 1.28 bits per heavy atom. The topological polar surface area (TPSA) is 67.2 Å². The lowest BCUT2D eigenvalue weighted by atomic mass is 10.00. The number of carbonyl (C=O) groups is 1. The third-order valence-electron chi connectivity index (χ3n) is 6.26. The number of rotatable bonds is 4. The lowest BCUT2D eigenvalue weighted by Crippen LogP contribution is -2.37. The van der Waals surface area contributed by atoms with Crippen molar-refractivity contribution < 1.29 is 9.53 Å². The summed E-state index contributed by atoms with van der Waals surface area (Å²) in [6.07, 6.45) is 7.59. The van der Waals surface area contributed by atoms with Gasteiger partial charge in [-0.25, -0.2) is 4.98 Å². The Morgan fingerprint density at radius 2 is 2.16 bits per heavy atom. The van der Waals surface area contributed by atoms with Crippen molar-refractivity contribution in [1.29, 1.82) is 0 Å². The normalized spacial score (nSPS) is 25.5. The maximum absolute atomic E-state index is 13.5. The molecule has 2 aromatic rings. The lowest BCUT2D eigenvalue weighted by Gasteiger charge is -2.32. The van der Waals surface area contributed by atoms with E-state index in [0.29, 0.717) is 38.7 Å². The SMILES string of the molecule is C[C@@H]1CCCN(c2nc3ccccn3c(=O)c2/C=C2/SC(=S)N(C[C@H]3CCCO3)C2=O)C1. The molecule has 3 fully saturated rings. The smallest absolute Gasteiger partial charge is 0.267 e. The molecule has 5 rings (SSSR count). The predicted octanol–water partition coefficient (Wildman–Crippen LogP) is 3.31. The van der Waals surface area contributed by atoms with Gasteiger partial charge in [0.2, 0.25) is 0 Å². The highest BCUT2D eigenvalue weighted by Gasteiger charge is 2.35. The molecule has 1 amide bonds. The fourth-order valence-corrected chi connectivity index (χ4v) is 5.88. The molecule has 0 N–H and O–H groups in total. The standard InChI is InChI=1S/C23H26N4O3S2/c1-15-6-4-9-25(13-15)20-17(21(28)26-10-3-2-8-19(26)24-20)12-18-22(29)27(23(31)32-18)14-16-7-5-11-30-16/h2-3,8,10,12,15-16H,4-7,9,11,13-14H2,1H3/b18-12+/t15-,16-/m1/s1. The van der Waals surface area contributed by atoms with Gasteiger partial charge in [-0.15, -0.1) is 0 Å². The average molecular weight is 471 g/mol. The second kappa shape index (κ2) is 8.96. The van der Waals surface area contributed by atoms with Gasteiger partial charge in [-0.2, -0.15) is 0 Å². The van der Waals surface area contributed by atoms with E-state index in [1.165, 1.54) is 22.6 Å². The van der Waals surface area contributed by atoms with Crippen LogP contribution in [0.2, 0.25) is 0 Å². The molecule has 0 unspecified atom stereocenters. The first-order chi connectivity index (χ1) is 15.5. The van der Waals surface area contributed by atoms with E-state index < -0.39 is 0 Å². The first-order valence-electron chi connectivity index (χ1n) is 11.1. The molecule has 3 aliphatic rings. The van der Waals surface area contributed by atoms with Crippen molar-refractivity contribution in [3.63, 3.8) is 0 Å². The maximum Gasteiger partial charge on any atom is 0.267 e. The van der Waals surface area contributed by atoms with Crippen molar-refractivity contribution in [3.8, 4) is 0 Å². The van der Waals surface area contributed by atoms with Gasteiger partial charge in [0, 0.05) is 25.9 Å². The Kier molecular flexibility index (Phi) is 6.05. The maximum atomic E-state index is 13.5. The van der Waals surface area contributed by atoms with Gasteiger partial charge in [-0.1, -0.05) is 37.0 Å². The summed E-state index contributed by atoms with van der Waals surface area (Å²) in [5, 5.41) is 0. The minimum Gasteiger partial charge on any atom is -0.376 e. The number of carbonyl (C=O) groups excluding carboxylic acids is 1. The van der Waals surface area contributed by atoms with Crippen molar-refractivity contribution in [2.75, 3.05) is 31.1 Å². The van der Waals surface area contributed by atoms with Crippen LogP contribution < -0.4 is 10.5 Å². The largest absolute Gasteiger partial charge is 0.376 e. The number of hydrogen-bond acceptors (Lipinski definition) is 7. The molecular formula is C23H26N4O3S2. The van der Waals surface area contributed by atoms with Crippen LogP contribution in [0.4, 0.5) is 5.82 Å². The highest BCUT2D eigenvalue weighted by molar-refractivity contribution is 8.26. The van der Waals surface area contributed by atoms with Gasteiger partial charge >= 0.3 is 0 Å². The van der Waals surface area contributed by atoms with Crippen LogP contribution in [0.1, 0.15) is 38.2 Å². The molecule has 0 aromatic carbocycles. The summed E-state index contributed by atoms with van der Waals surface area (Å²) in [5.74, 6) is 1.01. The first kappa shape index (κ1) is 21.6. The van der Waals surface area contributed by atoms with E-state index in [4.69, 9.17) is 21.9 Å². The van der Waals surface area contributed by atoms with Gasteiger partial charge in [-0.3, -0.25) is 18.9 Å². The molecule has 2 atom stereocenters. The zero-order chi connectivity index (χ0) is 22.2. The molecule has 2 aromatic heterocycles. The van der Waals surface area contributed by atoms with E-state index in [-0.39, 0.29) is 17.6 Å². The van der Waals surface area contributed by atoms with Crippen molar-refractivity contribution >= 4 is 51.7 Å². The second-order valence-corrected chi connectivity index (χ2v) is 10.4. The van der Waals surface area contributed by atoms with Gasteiger partial charge < -0.3 is 9.64 Å². The van der Waals surface area contributed by atoms with Crippen LogP contribution in [0.15, 0.2) is 34.1 Å². The summed E-state index contributed by atoms with van der Waals surface area (Å²) < 4.78 is 7.74. The van der Waals surface area contributed by atoms with E-state index in [2.05, 4.69) is 11.8 Å². The van der Waals surface area contributed by atoms with Crippen LogP contribution in [-0.2, 0) is 9.53 Å². The average Bonchev–Trinajstić information content (AvgIpc) is 3.39. The number of thioether (sulfide) groups is 1. The highest BCUT2D eigenvalue weighted by atomic mass is 32.2. The molecule has 0 spiro atoms. The summed E-state index contributed by atoms with van der Waals surface area (Å²) in [4.78, 5) is 35.7. The fraction of sp³-hybridized carbons (Fsp3) is 0.478. The number of nitrogens with zero attached hydrogens (tertiary/aromatic N) is 4. The Bertz CT molecular complexity index is 1160. The molecule has 5 heterocycles. The lowest BCUT2D eigenvalue weighted by molar-refractivity contribution is -0.123. The minimum absolute atomic E-state index is 0.0233. The molecule has 0 radical (unpaired) electrons. The third kappa shape index (κ3) is 4.09. The number of pyridine rings is 1. The third-order valence-corrected chi connectivity index (χ3v) is 7.64. The Morgan fingerprint density at radius 3 is 2.94 bits per heavy atom. The Labute approximate surface area is 196 Å². The van der Waals surface area contributed by atoms with E-state index in [0.717, 1.165) is 39.0 Å². The molecule has 3 saturated heterocycles. The number of anilines is 1. The molecule has 0 aliphatic carbocycles. The van der Waals surface area contributed by atoms with Gasteiger partial charge in [-0.05, 0) is 49.8 Å². The summed E-state index contributed by atoms with van der Waals surface area (Å²) in [5.41, 5.74) is 0.877. The van der Waals surface area contributed by atoms with E-state index in [9.17, 15) is 9.59 Å². The van der Waals surface area contributed by atoms with Crippen LogP contribution in [0.5, 0.6) is 0 Å². The van der Waals surface area contributed by atoms with E-state index >= 15 is 0 Å². The first-order valence-corrected chi connectivity index (χ1v) is 12.4. The van der Waals surface area contributed by atoms with Crippen molar-refractivity contribution in [3.05, 3.63) is 45.2 Å². The summed E-state index contributed by atoms with van der Waals surface area (Å²) in [7, 11) is 0. The van der Waals surface area contributed by atoms with E-state index in [1.54, 1.807) is 17.2 Å². The van der Waals surface area contributed by atoms with Gasteiger partial charge in [0.15, 0.2) is 0 Å². The number of hydrogen-bond donors (Lipinski definition) is 0. The fourth-order valence-electron chi connectivity index (χ4n) is 4.62. The van der Waals surface area contributed by atoms with Gasteiger partial charge in [0.1, 0.15) is 15.8 Å². The number of thiocarbonyl (C=S) groups is 1. The highest BCUT2D eigenvalue weighted by Crippen LogP contribution is 2.35. The zero-order valence-corrected chi connectivity index (χ0v) is 19.7. The zero-order valence-electron chi connectivity index (χ0n) is 18.0. The second-order valence-electron chi connectivity index (χ2n) is 8.70. The summed E-state index contributed by atoms with van der Waals surface area (Å²) in [6, 6.07) is 5.52. The molecule has 168 valence electrons. The van der Waals surface area contributed by atoms with Crippen LogP contribution in [-0.4, -0.2) is 56.9 Å². The Hall–Kier alpha value is -2.23. The van der Waals surface area contributed by atoms with Crippen LogP contribution in [0, 0.1) is 5.92 Å². The van der Waals surface area contributed by atoms with Crippen LogP contribution >= 0.6 is 24.0 Å². The summed E-state index contributed by atoms with van der Waals surface area (Å²) >= 11 is 6.74. The molecule has 0 saturated carbocycles. The van der Waals surface area contributed by atoms with Crippen molar-refractivity contribution in [1.82, 2.24) is 14.3 Å². The van der Waals surface area contributed by atoms with Gasteiger partial charge in [0.25, 0.3) is 11.5 Å². The minimum atomic E-state index is -0.173. The summed E-state index contributed by atoms with van der Waals surface area (Å²) in [6.45, 7) is 5.10. The molecule has 3 aliphatic heterocycles. The van der Waals surface area contributed by atoms with Crippen molar-refractivity contribution in [2.45, 2.75) is 38.7 Å². The predicted molar refractivity (Wildman–Crippen MR) is 131 cm³/mol. The van der Waals surface area contributed by atoms with Gasteiger partial charge in [0.05, 0.1) is 23.1 Å². The number of piperidine rings is 1. The molecule has 9 heteroatoms. The monoisotopic (exact) mass is 470 g/mol. The number of fused-ring (bicyclic) bond motifs is 1. The van der Waals surface area contributed by atoms with Crippen molar-refractivity contribution in [2.24, 2.45) is 5.92 Å². The molecule has 7 nitrogen and oxygen atoms in total. The molecule has 32 heavy (non-hydrogen) atoms. The van der Waals surface area contributed by atoms with E-state index in [1.807, 2.05) is 18.2 Å². The Balaban J connectivity index is 1.55. The number of aromatic nitrogens is 2. The molecular weight excluding hydrogens is 444 g/mol. The van der Waals surface area contributed by atoms with Crippen LogP contribution in [0.25, 0.3) is 11.7 Å². The quantitative estimate of drug-likeness (QED) is 0.502. The van der Waals surface area contributed by atoms with Crippen LogP contribution in [0.3, 0.4) is 0 Å². The molecule has 0 bridgehead atoms. The number of amides is 1.